The Balaban J connectivity index is 1.68. The van der Waals surface area contributed by atoms with Gasteiger partial charge in [-0.15, -0.1) is 0 Å². The molecular weight excluding hydrogens is 298 g/mol. The van der Waals surface area contributed by atoms with E-state index in [9.17, 15) is 15.0 Å². The Morgan fingerprint density at radius 2 is 2.13 bits per heavy atom. The predicted molar refractivity (Wildman–Crippen MR) is 84.1 cm³/mol. The lowest BCUT2D eigenvalue weighted by atomic mass is 9.96. The molecule has 1 aromatic rings. The Morgan fingerprint density at radius 3 is 2.87 bits per heavy atom. The van der Waals surface area contributed by atoms with Crippen LogP contribution in [0.2, 0.25) is 0 Å². The molecule has 0 radical (unpaired) electrons. The molecule has 0 amide bonds. The molecule has 2 heterocycles. The van der Waals surface area contributed by atoms with Gasteiger partial charge in [-0.3, -0.25) is 0 Å². The fraction of sp³-hybridized carbons (Fsp3) is 0.471. The summed E-state index contributed by atoms with van der Waals surface area (Å²) in [5, 5.41) is 20.4. The second kappa shape index (κ2) is 6.91. The highest BCUT2D eigenvalue weighted by molar-refractivity contribution is 5.74. The van der Waals surface area contributed by atoms with Gasteiger partial charge in [0.2, 0.25) is 5.75 Å². The van der Waals surface area contributed by atoms with Gasteiger partial charge in [0.15, 0.2) is 11.5 Å². The molecular formula is C17H21NO5. The number of carbonyl (C=O) groups is 1. The molecule has 0 bridgehead atoms. The average molecular weight is 319 g/mol. The van der Waals surface area contributed by atoms with Crippen molar-refractivity contribution in [3.05, 3.63) is 24.0 Å². The van der Waals surface area contributed by atoms with Crippen LogP contribution in [0.5, 0.6) is 23.0 Å². The molecule has 1 atom stereocenters. The molecule has 6 nitrogen and oxygen atoms in total. The molecule has 1 fully saturated rings. The van der Waals surface area contributed by atoms with Crippen LogP contribution in [0.15, 0.2) is 18.4 Å². The zero-order chi connectivity index (χ0) is 16.2. The van der Waals surface area contributed by atoms with E-state index in [1.807, 2.05) is 0 Å². The number of aromatic hydroxyl groups is 2. The first-order valence-corrected chi connectivity index (χ1v) is 7.93. The van der Waals surface area contributed by atoms with Crippen molar-refractivity contribution < 1.29 is 24.5 Å². The quantitative estimate of drug-likeness (QED) is 0.618. The number of allylic oxidation sites excluding steroid dienone is 1. The van der Waals surface area contributed by atoms with Crippen LogP contribution in [0.1, 0.15) is 30.7 Å². The van der Waals surface area contributed by atoms with Gasteiger partial charge in [0.25, 0.3) is 0 Å². The lowest BCUT2D eigenvalue weighted by molar-refractivity contribution is -0.108. The standard InChI is InChI=1S/C17H21NO5/c19-11-12-4-9-22-14-10-13(20)17(16(21)15(12)14)23-8-3-7-18-5-1-2-6-18/h4,9-12,20-21H,1-3,5-8H2. The second-order valence-corrected chi connectivity index (χ2v) is 5.84. The first-order chi connectivity index (χ1) is 11.2. The smallest absolute Gasteiger partial charge is 0.203 e. The van der Waals surface area contributed by atoms with E-state index >= 15 is 0 Å². The van der Waals surface area contributed by atoms with Gasteiger partial charge in [-0.05, 0) is 38.4 Å². The number of likely N-dealkylation sites (tertiary alicyclic amines) is 1. The number of rotatable bonds is 6. The van der Waals surface area contributed by atoms with Crippen molar-refractivity contribution in [3.8, 4) is 23.0 Å². The first kappa shape index (κ1) is 15.7. The summed E-state index contributed by atoms with van der Waals surface area (Å²) in [6.45, 7) is 3.58. The van der Waals surface area contributed by atoms with Crippen LogP contribution in [-0.2, 0) is 4.79 Å². The summed E-state index contributed by atoms with van der Waals surface area (Å²) in [5.41, 5.74) is 0.329. The zero-order valence-electron chi connectivity index (χ0n) is 12.9. The molecule has 124 valence electrons. The number of benzene rings is 1. The van der Waals surface area contributed by atoms with Crippen LogP contribution >= 0.6 is 0 Å². The normalized spacial score (nSPS) is 20.1. The second-order valence-electron chi connectivity index (χ2n) is 5.84. The lowest BCUT2D eigenvalue weighted by Crippen LogP contribution is -2.22. The van der Waals surface area contributed by atoms with E-state index in [0.29, 0.717) is 18.5 Å². The molecule has 23 heavy (non-hydrogen) atoms. The summed E-state index contributed by atoms with van der Waals surface area (Å²) in [5.74, 6) is -0.753. The highest BCUT2D eigenvalue weighted by Crippen LogP contribution is 2.48. The molecule has 0 saturated carbocycles. The fourth-order valence-corrected chi connectivity index (χ4v) is 3.07. The van der Waals surface area contributed by atoms with E-state index < -0.39 is 5.92 Å². The van der Waals surface area contributed by atoms with Crippen LogP contribution in [0.3, 0.4) is 0 Å². The molecule has 1 aromatic carbocycles. The average Bonchev–Trinajstić information content (AvgIpc) is 3.06. The van der Waals surface area contributed by atoms with Crippen LogP contribution in [-0.4, -0.2) is 47.6 Å². The van der Waals surface area contributed by atoms with Crippen molar-refractivity contribution >= 4 is 6.29 Å². The minimum absolute atomic E-state index is 0.0101. The number of carbonyl (C=O) groups excluding carboxylic acids is 1. The van der Waals surface area contributed by atoms with E-state index in [2.05, 4.69) is 4.90 Å². The number of hydrogen-bond acceptors (Lipinski definition) is 6. The van der Waals surface area contributed by atoms with E-state index in [-0.39, 0.29) is 23.0 Å². The minimum Gasteiger partial charge on any atom is -0.504 e. The number of nitrogens with zero attached hydrogens (tertiary/aromatic N) is 1. The molecule has 6 heteroatoms. The predicted octanol–water partition coefficient (Wildman–Crippen LogP) is 2.15. The van der Waals surface area contributed by atoms with Gasteiger partial charge in [0.05, 0.1) is 24.4 Å². The number of hydrogen-bond donors (Lipinski definition) is 2. The summed E-state index contributed by atoms with van der Waals surface area (Å²) in [7, 11) is 0. The largest absolute Gasteiger partial charge is 0.504 e. The highest BCUT2D eigenvalue weighted by Gasteiger charge is 2.27. The maximum absolute atomic E-state index is 11.2. The molecule has 0 aromatic heterocycles. The number of phenols is 2. The van der Waals surface area contributed by atoms with Crippen molar-refractivity contribution in [2.75, 3.05) is 26.2 Å². The maximum Gasteiger partial charge on any atom is 0.203 e. The van der Waals surface area contributed by atoms with Crippen molar-refractivity contribution in [1.82, 2.24) is 4.90 Å². The van der Waals surface area contributed by atoms with Gasteiger partial charge in [0, 0.05) is 12.6 Å². The molecule has 2 N–H and O–H groups in total. The topological polar surface area (TPSA) is 79.2 Å². The summed E-state index contributed by atoms with van der Waals surface area (Å²) in [6, 6.07) is 1.37. The third-order valence-electron chi connectivity index (χ3n) is 4.26. The Morgan fingerprint density at radius 1 is 1.35 bits per heavy atom. The first-order valence-electron chi connectivity index (χ1n) is 7.93. The Kier molecular flexibility index (Phi) is 4.71. The van der Waals surface area contributed by atoms with Gasteiger partial charge in [-0.25, -0.2) is 0 Å². The molecule has 1 unspecified atom stereocenters. The van der Waals surface area contributed by atoms with Gasteiger partial charge in [-0.1, -0.05) is 0 Å². The van der Waals surface area contributed by atoms with Gasteiger partial charge < -0.3 is 29.4 Å². The van der Waals surface area contributed by atoms with Gasteiger partial charge in [-0.2, -0.15) is 0 Å². The Hall–Kier alpha value is -2.21. The summed E-state index contributed by atoms with van der Waals surface area (Å²) >= 11 is 0. The maximum atomic E-state index is 11.2. The number of aldehydes is 1. The Labute approximate surface area is 134 Å². The molecule has 0 spiro atoms. The summed E-state index contributed by atoms with van der Waals surface area (Å²) < 4.78 is 10.8. The van der Waals surface area contributed by atoms with Gasteiger partial charge >= 0.3 is 0 Å². The van der Waals surface area contributed by atoms with E-state index in [1.54, 1.807) is 6.08 Å². The Bertz CT molecular complexity index is 607. The lowest BCUT2D eigenvalue weighted by Gasteiger charge is -2.21. The van der Waals surface area contributed by atoms with Crippen LogP contribution in [0.4, 0.5) is 0 Å². The third kappa shape index (κ3) is 3.27. The molecule has 2 aliphatic rings. The summed E-state index contributed by atoms with van der Waals surface area (Å²) in [4.78, 5) is 13.5. The highest BCUT2D eigenvalue weighted by atomic mass is 16.5. The summed E-state index contributed by atoms with van der Waals surface area (Å²) in [6.07, 6.45) is 6.93. The van der Waals surface area contributed by atoms with Crippen molar-refractivity contribution in [2.24, 2.45) is 0 Å². The molecule has 0 aliphatic carbocycles. The minimum atomic E-state index is -0.605. The van der Waals surface area contributed by atoms with Crippen LogP contribution < -0.4 is 9.47 Å². The number of ether oxygens (including phenoxy) is 2. The fourth-order valence-electron chi connectivity index (χ4n) is 3.07. The van der Waals surface area contributed by atoms with Crippen molar-refractivity contribution in [1.29, 1.82) is 0 Å². The van der Waals surface area contributed by atoms with Crippen LogP contribution in [0, 0.1) is 0 Å². The van der Waals surface area contributed by atoms with E-state index in [0.717, 1.165) is 26.1 Å². The third-order valence-corrected chi connectivity index (χ3v) is 4.26. The van der Waals surface area contributed by atoms with Gasteiger partial charge in [0.1, 0.15) is 12.0 Å². The van der Waals surface area contributed by atoms with Crippen molar-refractivity contribution in [2.45, 2.75) is 25.2 Å². The molecule has 3 rings (SSSR count). The molecule has 2 aliphatic heterocycles. The zero-order valence-corrected chi connectivity index (χ0v) is 12.9. The van der Waals surface area contributed by atoms with E-state index in [4.69, 9.17) is 9.47 Å². The number of fused-ring (bicyclic) bond motifs is 1. The SMILES string of the molecule is O=CC1C=COc2cc(O)c(OCCCN3CCCC3)c(O)c21. The number of phenolic OH excluding ortho intramolecular Hbond substituents is 2. The van der Waals surface area contributed by atoms with Crippen LogP contribution in [0.25, 0.3) is 0 Å². The molecule has 1 saturated heterocycles. The van der Waals surface area contributed by atoms with Crippen molar-refractivity contribution in [3.63, 3.8) is 0 Å². The monoisotopic (exact) mass is 319 g/mol. The van der Waals surface area contributed by atoms with E-state index in [1.165, 1.54) is 25.2 Å².